The van der Waals surface area contributed by atoms with Crippen LogP contribution in [0.25, 0.3) is 0 Å². The predicted molar refractivity (Wildman–Crippen MR) is 83.6 cm³/mol. The van der Waals surface area contributed by atoms with Crippen molar-refractivity contribution < 1.29 is 4.79 Å². The van der Waals surface area contributed by atoms with Gasteiger partial charge in [-0.15, -0.1) is 0 Å². The predicted octanol–water partition coefficient (Wildman–Crippen LogP) is 2.81. The Bertz CT molecular complexity index is 660. The lowest BCUT2D eigenvalue weighted by atomic mass is 10.2. The third kappa shape index (κ3) is 3.86. The number of aromatic nitrogens is 3. The number of halogens is 2. The Hall–Kier alpha value is -1.79. The lowest BCUT2D eigenvalue weighted by Gasteiger charge is -2.10. The van der Waals surface area contributed by atoms with Gasteiger partial charge >= 0.3 is 0 Å². The van der Waals surface area contributed by atoms with Crippen molar-refractivity contribution in [2.45, 2.75) is 26.8 Å². The maximum Gasteiger partial charge on any atom is 0.226 e. The Morgan fingerprint density at radius 2 is 1.95 bits per heavy atom. The van der Waals surface area contributed by atoms with Crippen molar-refractivity contribution in [3.63, 3.8) is 0 Å². The van der Waals surface area contributed by atoms with Crippen LogP contribution < -0.4 is 11.1 Å². The van der Waals surface area contributed by atoms with Crippen molar-refractivity contribution in [1.82, 2.24) is 14.8 Å². The lowest BCUT2D eigenvalue weighted by Crippen LogP contribution is -2.16. The summed E-state index contributed by atoms with van der Waals surface area (Å²) in [5, 5.41) is 7.49. The second kappa shape index (κ2) is 6.32. The smallest absolute Gasteiger partial charge is 0.226 e. The van der Waals surface area contributed by atoms with E-state index in [1.807, 2.05) is 6.92 Å². The van der Waals surface area contributed by atoms with Crippen LogP contribution in [0.2, 0.25) is 10.0 Å². The highest BCUT2D eigenvalue weighted by Gasteiger charge is 2.12. The van der Waals surface area contributed by atoms with Crippen LogP contribution in [-0.4, -0.2) is 20.7 Å². The fourth-order valence-electron chi connectivity index (χ4n) is 1.89. The number of benzene rings is 1. The molecule has 8 heteroatoms. The van der Waals surface area contributed by atoms with Crippen molar-refractivity contribution in [2.75, 3.05) is 11.1 Å². The van der Waals surface area contributed by atoms with Crippen LogP contribution >= 0.6 is 23.2 Å². The minimum absolute atomic E-state index is 0.212. The number of nitrogen functional groups attached to an aromatic ring is 1. The third-order valence-corrected chi connectivity index (χ3v) is 3.44. The number of carbonyl (C=O) groups excluding carboxylic acids is 1. The molecule has 0 spiro atoms. The molecule has 0 radical (unpaired) electrons. The molecule has 21 heavy (non-hydrogen) atoms. The van der Waals surface area contributed by atoms with Gasteiger partial charge < -0.3 is 11.1 Å². The first-order chi connectivity index (χ1) is 9.86. The fourth-order valence-corrected chi connectivity index (χ4v) is 2.49. The van der Waals surface area contributed by atoms with E-state index in [9.17, 15) is 4.79 Å². The molecule has 3 N–H and O–H groups in total. The van der Waals surface area contributed by atoms with Crippen LogP contribution in [-0.2, 0) is 11.3 Å². The summed E-state index contributed by atoms with van der Waals surface area (Å²) >= 11 is 12.0. The second-order valence-corrected chi connectivity index (χ2v) is 5.40. The number of anilines is 2. The number of hydrogen-bond acceptors (Lipinski definition) is 4. The van der Waals surface area contributed by atoms with Gasteiger partial charge in [0.05, 0.1) is 22.3 Å². The largest absolute Gasteiger partial charge is 0.399 e. The van der Waals surface area contributed by atoms with Gasteiger partial charge in [0.2, 0.25) is 5.91 Å². The van der Waals surface area contributed by atoms with E-state index in [1.165, 1.54) is 12.1 Å². The fraction of sp³-hybridized carbons (Fsp3) is 0.308. The summed E-state index contributed by atoms with van der Waals surface area (Å²) in [5.41, 5.74) is 6.42. The van der Waals surface area contributed by atoms with E-state index in [4.69, 9.17) is 28.9 Å². The van der Waals surface area contributed by atoms with Crippen molar-refractivity contribution in [2.24, 2.45) is 0 Å². The van der Waals surface area contributed by atoms with Crippen LogP contribution in [0, 0.1) is 13.8 Å². The average Bonchev–Trinajstić information content (AvgIpc) is 2.69. The molecule has 2 aromatic rings. The topological polar surface area (TPSA) is 85.8 Å². The van der Waals surface area contributed by atoms with Gasteiger partial charge in [-0.1, -0.05) is 23.2 Å². The number of hydrogen-bond donors (Lipinski definition) is 2. The van der Waals surface area contributed by atoms with Gasteiger partial charge in [-0.05, 0) is 26.0 Å². The van der Waals surface area contributed by atoms with E-state index in [0.717, 1.165) is 5.82 Å². The lowest BCUT2D eigenvalue weighted by molar-refractivity contribution is -0.116. The zero-order valence-corrected chi connectivity index (χ0v) is 13.2. The number of nitrogens with two attached hydrogens (primary N) is 1. The summed E-state index contributed by atoms with van der Waals surface area (Å²) in [7, 11) is 0. The van der Waals surface area contributed by atoms with Gasteiger partial charge in [-0.2, -0.15) is 5.10 Å². The highest BCUT2D eigenvalue weighted by atomic mass is 35.5. The molecule has 0 unspecified atom stereocenters. The molecule has 2 rings (SSSR count). The molecule has 112 valence electrons. The molecule has 0 atom stereocenters. The standard InChI is InChI=1S/C13H15Cl2N5O/c1-7-17-8(2)20(19-7)4-3-12(21)18-13-10(14)5-9(16)6-11(13)15/h5-6H,3-4,16H2,1-2H3,(H,18,21). The summed E-state index contributed by atoms with van der Waals surface area (Å²) in [4.78, 5) is 16.1. The average molecular weight is 328 g/mol. The number of nitrogens with zero attached hydrogens (tertiary/aromatic N) is 3. The Kier molecular flexibility index (Phi) is 4.69. The molecule has 0 aliphatic carbocycles. The zero-order chi connectivity index (χ0) is 15.6. The van der Waals surface area contributed by atoms with E-state index in [0.29, 0.717) is 33.8 Å². The van der Waals surface area contributed by atoms with Crippen molar-refractivity contribution >= 4 is 40.5 Å². The van der Waals surface area contributed by atoms with E-state index in [1.54, 1.807) is 11.6 Å². The van der Waals surface area contributed by atoms with Gasteiger partial charge in [0, 0.05) is 12.1 Å². The maximum absolute atomic E-state index is 12.0. The Balaban J connectivity index is 2.01. The van der Waals surface area contributed by atoms with Crippen molar-refractivity contribution in [1.29, 1.82) is 0 Å². The van der Waals surface area contributed by atoms with Gasteiger partial charge in [0.1, 0.15) is 11.6 Å². The Morgan fingerprint density at radius 1 is 1.33 bits per heavy atom. The minimum atomic E-state index is -0.212. The Labute approximate surface area is 132 Å². The van der Waals surface area contributed by atoms with Crippen LogP contribution in [0.5, 0.6) is 0 Å². The van der Waals surface area contributed by atoms with Gasteiger partial charge in [0.25, 0.3) is 0 Å². The molecule has 1 aromatic carbocycles. The molecule has 0 saturated heterocycles. The number of carbonyl (C=O) groups is 1. The van der Waals surface area contributed by atoms with E-state index in [-0.39, 0.29) is 12.3 Å². The number of nitrogens with one attached hydrogen (secondary N) is 1. The van der Waals surface area contributed by atoms with E-state index < -0.39 is 0 Å². The molecule has 0 aliphatic rings. The molecule has 1 aromatic heterocycles. The molecule has 1 heterocycles. The molecule has 0 saturated carbocycles. The number of rotatable bonds is 4. The third-order valence-electron chi connectivity index (χ3n) is 2.84. The van der Waals surface area contributed by atoms with Gasteiger partial charge in [0.15, 0.2) is 0 Å². The summed E-state index contributed by atoms with van der Waals surface area (Å²) in [6, 6.07) is 3.07. The molecular formula is C13H15Cl2N5O. The molecule has 0 bridgehead atoms. The normalized spacial score (nSPS) is 10.7. The van der Waals surface area contributed by atoms with Crippen molar-refractivity contribution in [3.05, 3.63) is 33.8 Å². The summed E-state index contributed by atoms with van der Waals surface area (Å²) < 4.78 is 1.68. The summed E-state index contributed by atoms with van der Waals surface area (Å²) in [6.07, 6.45) is 0.237. The molecule has 0 fully saturated rings. The van der Waals surface area contributed by atoms with Crippen LogP contribution in [0.1, 0.15) is 18.1 Å². The number of amides is 1. The highest BCUT2D eigenvalue weighted by Crippen LogP contribution is 2.32. The SMILES string of the molecule is Cc1nc(C)n(CCC(=O)Nc2c(Cl)cc(N)cc2Cl)n1. The van der Waals surface area contributed by atoms with Gasteiger partial charge in [-0.3, -0.25) is 4.79 Å². The first kappa shape index (κ1) is 15.6. The Morgan fingerprint density at radius 3 is 2.48 bits per heavy atom. The quantitative estimate of drug-likeness (QED) is 0.845. The molecule has 1 amide bonds. The summed E-state index contributed by atoms with van der Waals surface area (Å²) in [5.74, 6) is 1.23. The first-order valence-electron chi connectivity index (χ1n) is 6.29. The minimum Gasteiger partial charge on any atom is -0.399 e. The van der Waals surface area contributed by atoms with Crippen LogP contribution in [0.3, 0.4) is 0 Å². The van der Waals surface area contributed by atoms with Crippen LogP contribution in [0.15, 0.2) is 12.1 Å². The number of aryl methyl sites for hydroxylation is 3. The zero-order valence-electron chi connectivity index (χ0n) is 11.7. The first-order valence-corrected chi connectivity index (χ1v) is 7.05. The maximum atomic E-state index is 12.0. The second-order valence-electron chi connectivity index (χ2n) is 4.59. The van der Waals surface area contributed by atoms with E-state index >= 15 is 0 Å². The molecule has 6 nitrogen and oxygen atoms in total. The van der Waals surface area contributed by atoms with E-state index in [2.05, 4.69) is 15.4 Å². The monoisotopic (exact) mass is 327 g/mol. The summed E-state index contributed by atoms with van der Waals surface area (Å²) in [6.45, 7) is 4.08. The van der Waals surface area contributed by atoms with Gasteiger partial charge in [-0.25, -0.2) is 9.67 Å². The molecule has 0 aliphatic heterocycles. The highest BCUT2D eigenvalue weighted by molar-refractivity contribution is 6.40. The van der Waals surface area contributed by atoms with Crippen LogP contribution in [0.4, 0.5) is 11.4 Å². The molecular weight excluding hydrogens is 313 g/mol. The van der Waals surface area contributed by atoms with Crippen molar-refractivity contribution in [3.8, 4) is 0 Å².